The Morgan fingerprint density at radius 2 is 1.51 bits per heavy atom. The molecule has 0 radical (unpaired) electrons. The van der Waals surface area contributed by atoms with Gasteiger partial charge < -0.3 is 21.9 Å². The quantitative estimate of drug-likeness (QED) is 0.356. The molecule has 0 bridgehead atoms. The molecule has 2 aromatic rings. The van der Waals surface area contributed by atoms with Gasteiger partial charge in [-0.1, -0.05) is 90.6 Å². The summed E-state index contributed by atoms with van der Waals surface area (Å²) < 4.78 is 13.8. The molecule has 37 heavy (non-hydrogen) atoms. The zero-order valence-corrected chi connectivity index (χ0v) is 26.1. The Balaban J connectivity index is 0.00000481. The number of carbonyl (C=O) groups excluding carboxylic acids is 1. The summed E-state index contributed by atoms with van der Waals surface area (Å²) in [7, 11) is -0.302. The number of pyridine rings is 1. The molecular weight excluding hydrogens is 498 g/mol. The predicted octanol–water partition coefficient (Wildman–Crippen LogP) is 4.71. The number of methoxy groups -OCH3 is 1. The normalized spacial score (nSPS) is 18.3. The van der Waals surface area contributed by atoms with Crippen molar-refractivity contribution in [1.29, 1.82) is 0 Å². The Labute approximate surface area is 232 Å². The molecule has 1 saturated carbocycles. The second kappa shape index (κ2) is 13.3. The van der Waals surface area contributed by atoms with Gasteiger partial charge in [0.2, 0.25) is 0 Å². The lowest BCUT2D eigenvalue weighted by Crippen LogP contribution is -3.00. The molecule has 1 aliphatic rings. The van der Waals surface area contributed by atoms with Crippen molar-refractivity contribution in [3.63, 3.8) is 0 Å². The maximum atomic E-state index is 13.6. The summed E-state index contributed by atoms with van der Waals surface area (Å²) in [6.07, 6.45) is 7.71. The summed E-state index contributed by atoms with van der Waals surface area (Å²) >= 11 is 0. The lowest BCUT2D eigenvalue weighted by atomic mass is 9.78. The second-order valence-electron chi connectivity index (χ2n) is 11.8. The van der Waals surface area contributed by atoms with Crippen molar-refractivity contribution in [2.45, 2.75) is 116 Å². The number of nitrogens with zero attached hydrogens (tertiary/aromatic N) is 1. The third kappa shape index (κ3) is 6.25. The van der Waals surface area contributed by atoms with Crippen molar-refractivity contribution in [1.82, 2.24) is 0 Å². The van der Waals surface area contributed by atoms with Gasteiger partial charge in [-0.05, 0) is 52.9 Å². The lowest BCUT2D eigenvalue weighted by Gasteiger charge is -2.43. The molecule has 0 amide bonds. The number of hydrogen-bond acceptors (Lipinski definition) is 3. The van der Waals surface area contributed by atoms with Crippen LogP contribution < -0.4 is 26.9 Å². The van der Waals surface area contributed by atoms with E-state index in [-0.39, 0.29) is 30.5 Å². The monoisotopic (exact) mass is 545 g/mol. The van der Waals surface area contributed by atoms with Crippen LogP contribution in [0.15, 0.2) is 42.7 Å². The minimum atomic E-state index is -2.04. The molecule has 1 aromatic heterocycles. The maximum absolute atomic E-state index is 13.6. The molecule has 0 spiro atoms. The van der Waals surface area contributed by atoms with E-state index < -0.39 is 8.07 Å². The molecule has 2 atom stereocenters. The highest BCUT2D eigenvalue weighted by atomic mass is 35.5. The van der Waals surface area contributed by atoms with Gasteiger partial charge >= 0.3 is 6.09 Å². The molecule has 206 valence electrons. The van der Waals surface area contributed by atoms with Crippen molar-refractivity contribution in [2.75, 3.05) is 7.11 Å². The summed E-state index contributed by atoms with van der Waals surface area (Å²) in [5, 5.41) is 1.22. The molecule has 6 heteroatoms. The largest absolute Gasteiger partial charge is 1.00 e. The first-order chi connectivity index (χ1) is 17.0. The van der Waals surface area contributed by atoms with Crippen LogP contribution in [0, 0.1) is 0 Å². The predicted molar refractivity (Wildman–Crippen MR) is 151 cm³/mol. The molecule has 0 aliphatic heterocycles. The number of rotatable bonds is 8. The molecule has 0 N–H and O–H groups in total. The van der Waals surface area contributed by atoms with Crippen LogP contribution in [0.4, 0.5) is 4.79 Å². The van der Waals surface area contributed by atoms with Crippen LogP contribution in [0.3, 0.4) is 0 Å². The number of hydrogen-bond donors (Lipinski definition) is 0. The van der Waals surface area contributed by atoms with Gasteiger partial charge in [-0.25, -0.2) is 0 Å². The number of carbonyl (C=O) groups is 1. The van der Waals surface area contributed by atoms with Crippen LogP contribution in [-0.2, 0) is 4.74 Å². The minimum Gasteiger partial charge on any atom is -1.00 e. The Morgan fingerprint density at radius 3 is 2.08 bits per heavy atom. The van der Waals surface area contributed by atoms with E-state index in [1.807, 2.05) is 18.5 Å². The van der Waals surface area contributed by atoms with E-state index in [9.17, 15) is 4.79 Å². The van der Waals surface area contributed by atoms with E-state index in [2.05, 4.69) is 79.7 Å². The lowest BCUT2D eigenvalue weighted by molar-refractivity contribution is -0.586. The number of halogens is 1. The zero-order chi connectivity index (χ0) is 26.6. The highest BCUT2D eigenvalue weighted by Crippen LogP contribution is 2.42. The first kappa shape index (κ1) is 31.4. The average Bonchev–Trinajstić information content (AvgIpc) is 2.84. The van der Waals surface area contributed by atoms with E-state index in [1.54, 1.807) is 11.7 Å². The first-order valence-electron chi connectivity index (χ1n) is 13.9. The third-order valence-electron chi connectivity index (χ3n) is 8.66. The highest BCUT2D eigenvalue weighted by Gasteiger charge is 2.48. The highest BCUT2D eigenvalue weighted by molar-refractivity contribution is 6.95. The summed E-state index contributed by atoms with van der Waals surface area (Å²) in [6, 6.07) is 10.7. The number of aromatic nitrogens is 1. The van der Waals surface area contributed by atoms with Crippen molar-refractivity contribution in [3.05, 3.63) is 53.9 Å². The number of benzene rings is 1. The standard InChI is InChI=1S/C31H48NO3Si.ClH/c1-21(2)25-14-10-11-15-26(25)27-16-12-13-17-28(27)35-31(33)32-19-18-29(34-9)30(20-32)36(22(3)4,23(5)6)24(7)8;/h10-11,14-15,18-24,27-28H,12-13,16-17H2,1-9H3;1H/q+1;/p-1/t27-,28+;/m0./s1. The second-order valence-corrected chi connectivity index (χ2v) is 17.7. The summed E-state index contributed by atoms with van der Waals surface area (Å²) in [6.45, 7) is 18.5. The van der Waals surface area contributed by atoms with E-state index >= 15 is 0 Å². The fourth-order valence-corrected chi connectivity index (χ4v) is 14.0. The van der Waals surface area contributed by atoms with Gasteiger partial charge in [0.1, 0.15) is 19.9 Å². The van der Waals surface area contributed by atoms with Gasteiger partial charge in [0.25, 0.3) is 0 Å². The van der Waals surface area contributed by atoms with Crippen molar-refractivity contribution >= 4 is 19.4 Å². The summed E-state index contributed by atoms with van der Waals surface area (Å²) in [4.78, 5) is 13.6. The third-order valence-corrected chi connectivity index (χ3v) is 15.7. The van der Waals surface area contributed by atoms with Crippen LogP contribution in [0.25, 0.3) is 0 Å². The van der Waals surface area contributed by atoms with Crippen LogP contribution in [-0.4, -0.2) is 27.4 Å². The molecule has 4 nitrogen and oxygen atoms in total. The summed E-state index contributed by atoms with van der Waals surface area (Å²) in [5.41, 5.74) is 4.23. The van der Waals surface area contributed by atoms with Crippen molar-refractivity contribution in [3.8, 4) is 5.75 Å². The Kier molecular flexibility index (Phi) is 11.3. The Morgan fingerprint density at radius 1 is 0.919 bits per heavy atom. The van der Waals surface area contributed by atoms with E-state index in [1.165, 1.54) is 22.7 Å². The average molecular weight is 546 g/mol. The summed E-state index contributed by atoms with van der Waals surface area (Å²) in [5.74, 6) is 1.58. The maximum Gasteiger partial charge on any atom is 0.602 e. The van der Waals surface area contributed by atoms with E-state index in [4.69, 9.17) is 9.47 Å². The van der Waals surface area contributed by atoms with Crippen LogP contribution in [0.5, 0.6) is 5.75 Å². The number of ether oxygens (including phenoxy) is 2. The van der Waals surface area contributed by atoms with Crippen LogP contribution in [0.1, 0.15) is 104 Å². The van der Waals surface area contributed by atoms with Gasteiger partial charge in [0.15, 0.2) is 12.4 Å². The fraction of sp³-hybridized carbons (Fsp3) is 0.613. The Hall–Kier alpha value is -1.85. The van der Waals surface area contributed by atoms with Gasteiger partial charge in [-0.2, -0.15) is 4.79 Å². The molecule has 0 saturated heterocycles. The van der Waals surface area contributed by atoms with Crippen LogP contribution >= 0.6 is 0 Å². The smallest absolute Gasteiger partial charge is 0.602 e. The van der Waals surface area contributed by atoms with Crippen LogP contribution in [0.2, 0.25) is 16.6 Å². The SMILES string of the molecule is COc1cc[n+](C(=O)O[C@@H]2CCCC[C@H]2c2ccccc2C(C)C)cc1[Si](C(C)C)(C(C)C)C(C)C.[Cl-]. The molecule has 1 fully saturated rings. The zero-order valence-electron chi connectivity index (χ0n) is 24.4. The van der Waals surface area contributed by atoms with E-state index in [0.717, 1.165) is 25.0 Å². The molecule has 1 aromatic carbocycles. The van der Waals surface area contributed by atoms with Crippen molar-refractivity contribution in [2.24, 2.45) is 0 Å². The van der Waals surface area contributed by atoms with Gasteiger partial charge in [-0.15, -0.1) is 0 Å². The van der Waals surface area contributed by atoms with Gasteiger partial charge in [-0.3, -0.25) is 0 Å². The fourth-order valence-electron chi connectivity index (χ4n) is 7.19. The minimum absolute atomic E-state index is 0. The van der Waals surface area contributed by atoms with Gasteiger partial charge in [0.05, 0.1) is 7.11 Å². The van der Waals surface area contributed by atoms with Crippen molar-refractivity contribution < 1.29 is 31.2 Å². The topological polar surface area (TPSA) is 39.4 Å². The molecule has 1 aliphatic carbocycles. The van der Waals surface area contributed by atoms with E-state index in [0.29, 0.717) is 22.5 Å². The Bertz CT molecular complexity index is 1020. The first-order valence-corrected chi connectivity index (χ1v) is 16.2. The molecule has 3 rings (SSSR count). The molecule has 0 unspecified atom stereocenters. The molecular formula is C31H48ClNO3Si. The van der Waals surface area contributed by atoms with Gasteiger partial charge in [0, 0.05) is 17.2 Å². The molecule has 1 heterocycles.